The molecule has 1 aromatic carbocycles. The first-order chi connectivity index (χ1) is 7.50. The first-order valence-electron chi connectivity index (χ1n) is 5.33. The number of hydrogen-bond acceptors (Lipinski definition) is 2. The van der Waals surface area contributed by atoms with Crippen LogP contribution in [-0.2, 0) is 4.79 Å². The topological polar surface area (TPSA) is 49.7 Å². The standard InChI is InChI=1S/C13H17NO2/c1-9(2)12(13(15)16)14-8-11-6-4-10(3)5-7-11/h4-9,12H,1-3H3,(H,15,16). The van der Waals surface area contributed by atoms with Crippen LogP contribution in [-0.4, -0.2) is 23.3 Å². The lowest BCUT2D eigenvalue weighted by atomic mass is 10.1. The van der Waals surface area contributed by atoms with Gasteiger partial charge in [0.25, 0.3) is 0 Å². The van der Waals surface area contributed by atoms with Gasteiger partial charge < -0.3 is 5.11 Å². The van der Waals surface area contributed by atoms with Crippen molar-refractivity contribution in [3.63, 3.8) is 0 Å². The van der Waals surface area contributed by atoms with Crippen LogP contribution in [0, 0.1) is 12.8 Å². The van der Waals surface area contributed by atoms with E-state index in [4.69, 9.17) is 5.11 Å². The van der Waals surface area contributed by atoms with E-state index in [1.165, 1.54) is 5.56 Å². The summed E-state index contributed by atoms with van der Waals surface area (Å²) in [6.45, 7) is 5.71. The minimum absolute atomic E-state index is 0.000742. The number of aryl methyl sites for hydroxylation is 1. The summed E-state index contributed by atoms with van der Waals surface area (Å²) in [6, 6.07) is 7.15. The average molecular weight is 219 g/mol. The SMILES string of the molecule is Cc1ccc(C=NC(C(=O)O)C(C)C)cc1. The van der Waals surface area contributed by atoms with Crippen LogP contribution in [0.15, 0.2) is 29.3 Å². The summed E-state index contributed by atoms with van der Waals surface area (Å²) in [4.78, 5) is 15.0. The van der Waals surface area contributed by atoms with Crippen molar-refractivity contribution >= 4 is 12.2 Å². The zero-order chi connectivity index (χ0) is 12.1. The van der Waals surface area contributed by atoms with Gasteiger partial charge >= 0.3 is 5.97 Å². The molecule has 0 amide bonds. The van der Waals surface area contributed by atoms with Crippen molar-refractivity contribution in [3.05, 3.63) is 35.4 Å². The van der Waals surface area contributed by atoms with Crippen LogP contribution >= 0.6 is 0 Å². The third kappa shape index (κ3) is 3.50. The fourth-order valence-corrected chi connectivity index (χ4v) is 1.34. The van der Waals surface area contributed by atoms with E-state index in [1.807, 2.05) is 45.0 Å². The second-order valence-electron chi connectivity index (χ2n) is 4.22. The fraction of sp³-hybridized carbons (Fsp3) is 0.385. The molecule has 0 aliphatic rings. The van der Waals surface area contributed by atoms with Gasteiger partial charge in [-0.15, -0.1) is 0 Å². The Morgan fingerprint density at radius 2 is 1.88 bits per heavy atom. The molecule has 0 saturated heterocycles. The largest absolute Gasteiger partial charge is 0.480 e. The van der Waals surface area contributed by atoms with Crippen molar-refractivity contribution in [1.82, 2.24) is 0 Å². The van der Waals surface area contributed by atoms with Gasteiger partial charge in [0.1, 0.15) is 6.04 Å². The van der Waals surface area contributed by atoms with Crippen molar-refractivity contribution in [1.29, 1.82) is 0 Å². The van der Waals surface area contributed by atoms with Gasteiger partial charge in [-0.25, -0.2) is 4.79 Å². The molecule has 0 saturated carbocycles. The van der Waals surface area contributed by atoms with E-state index in [2.05, 4.69) is 4.99 Å². The lowest BCUT2D eigenvalue weighted by molar-refractivity contribution is -0.139. The van der Waals surface area contributed by atoms with Gasteiger partial charge in [0.05, 0.1) is 0 Å². The first-order valence-corrected chi connectivity index (χ1v) is 5.33. The van der Waals surface area contributed by atoms with E-state index in [0.717, 1.165) is 5.56 Å². The fourth-order valence-electron chi connectivity index (χ4n) is 1.34. The summed E-state index contributed by atoms with van der Waals surface area (Å²) in [5, 5.41) is 8.95. The Labute approximate surface area is 95.8 Å². The Kier molecular flexibility index (Phi) is 4.23. The molecule has 1 unspecified atom stereocenters. The highest BCUT2D eigenvalue weighted by Crippen LogP contribution is 2.07. The molecule has 3 heteroatoms. The van der Waals surface area contributed by atoms with Gasteiger partial charge in [0.2, 0.25) is 0 Å². The number of carboxylic acids is 1. The van der Waals surface area contributed by atoms with Crippen LogP contribution < -0.4 is 0 Å². The lowest BCUT2D eigenvalue weighted by Gasteiger charge is -2.10. The quantitative estimate of drug-likeness (QED) is 0.791. The monoisotopic (exact) mass is 219 g/mol. The first kappa shape index (κ1) is 12.4. The van der Waals surface area contributed by atoms with Gasteiger partial charge in [-0.2, -0.15) is 0 Å². The summed E-state index contributed by atoms with van der Waals surface area (Å²) in [5.41, 5.74) is 2.10. The van der Waals surface area contributed by atoms with Crippen LogP contribution in [0.4, 0.5) is 0 Å². The minimum atomic E-state index is -0.877. The van der Waals surface area contributed by atoms with E-state index in [1.54, 1.807) is 6.21 Å². The zero-order valence-corrected chi connectivity index (χ0v) is 9.84. The number of aliphatic carboxylic acids is 1. The van der Waals surface area contributed by atoms with E-state index in [0.29, 0.717) is 0 Å². The highest BCUT2D eigenvalue weighted by Gasteiger charge is 2.18. The van der Waals surface area contributed by atoms with Gasteiger partial charge in [-0.3, -0.25) is 4.99 Å². The molecule has 1 atom stereocenters. The maximum absolute atomic E-state index is 10.9. The van der Waals surface area contributed by atoms with Gasteiger partial charge in [0, 0.05) is 6.21 Å². The predicted molar refractivity (Wildman–Crippen MR) is 65.0 cm³/mol. The second kappa shape index (κ2) is 5.45. The summed E-state index contributed by atoms with van der Waals surface area (Å²) in [6.07, 6.45) is 1.62. The summed E-state index contributed by atoms with van der Waals surface area (Å²) in [7, 11) is 0. The third-order valence-electron chi connectivity index (χ3n) is 2.35. The van der Waals surface area contributed by atoms with Crippen LogP contribution in [0.5, 0.6) is 0 Å². The highest BCUT2D eigenvalue weighted by molar-refractivity contribution is 5.83. The second-order valence-corrected chi connectivity index (χ2v) is 4.22. The van der Waals surface area contributed by atoms with Crippen LogP contribution in [0.2, 0.25) is 0 Å². The van der Waals surface area contributed by atoms with Crippen molar-refractivity contribution < 1.29 is 9.90 Å². The minimum Gasteiger partial charge on any atom is -0.480 e. The Hall–Kier alpha value is -1.64. The van der Waals surface area contributed by atoms with E-state index < -0.39 is 12.0 Å². The molecular weight excluding hydrogens is 202 g/mol. The van der Waals surface area contributed by atoms with E-state index in [9.17, 15) is 4.79 Å². The van der Waals surface area contributed by atoms with Crippen LogP contribution in [0.3, 0.4) is 0 Å². The molecule has 0 aromatic heterocycles. The lowest BCUT2D eigenvalue weighted by Crippen LogP contribution is -2.24. The maximum Gasteiger partial charge on any atom is 0.328 e. The Balaban J connectivity index is 2.78. The summed E-state index contributed by atoms with van der Waals surface area (Å²) < 4.78 is 0. The Morgan fingerprint density at radius 3 is 2.31 bits per heavy atom. The van der Waals surface area contributed by atoms with Crippen molar-refractivity contribution in [2.45, 2.75) is 26.8 Å². The number of rotatable bonds is 4. The van der Waals surface area contributed by atoms with Crippen LogP contribution in [0.25, 0.3) is 0 Å². The van der Waals surface area contributed by atoms with Crippen molar-refractivity contribution in [2.75, 3.05) is 0 Å². The van der Waals surface area contributed by atoms with Crippen molar-refractivity contribution in [2.24, 2.45) is 10.9 Å². The molecule has 16 heavy (non-hydrogen) atoms. The molecule has 0 spiro atoms. The maximum atomic E-state index is 10.9. The molecule has 1 rings (SSSR count). The number of nitrogens with zero attached hydrogens (tertiary/aromatic N) is 1. The Morgan fingerprint density at radius 1 is 1.31 bits per heavy atom. The number of hydrogen-bond donors (Lipinski definition) is 1. The molecule has 0 fully saturated rings. The molecule has 1 N–H and O–H groups in total. The Bertz CT molecular complexity index is 379. The van der Waals surface area contributed by atoms with E-state index >= 15 is 0 Å². The number of carboxylic acid groups (broad SMARTS) is 1. The molecule has 86 valence electrons. The van der Waals surface area contributed by atoms with Crippen LogP contribution in [0.1, 0.15) is 25.0 Å². The molecule has 0 aliphatic carbocycles. The van der Waals surface area contributed by atoms with Gasteiger partial charge in [-0.1, -0.05) is 43.7 Å². The normalized spacial score (nSPS) is 13.2. The predicted octanol–water partition coefficient (Wildman–Crippen LogP) is 2.52. The zero-order valence-electron chi connectivity index (χ0n) is 9.84. The van der Waals surface area contributed by atoms with Gasteiger partial charge in [-0.05, 0) is 18.4 Å². The van der Waals surface area contributed by atoms with Gasteiger partial charge in [0.15, 0.2) is 0 Å². The molecular formula is C13H17NO2. The summed E-state index contributed by atoms with van der Waals surface area (Å²) >= 11 is 0. The molecule has 0 aliphatic heterocycles. The number of aliphatic imine (C=N–C) groups is 1. The molecule has 3 nitrogen and oxygen atoms in total. The molecule has 0 heterocycles. The highest BCUT2D eigenvalue weighted by atomic mass is 16.4. The van der Waals surface area contributed by atoms with E-state index in [-0.39, 0.29) is 5.92 Å². The number of carbonyl (C=O) groups is 1. The molecule has 0 radical (unpaired) electrons. The average Bonchev–Trinajstić information content (AvgIpc) is 2.20. The number of benzene rings is 1. The smallest absolute Gasteiger partial charge is 0.328 e. The third-order valence-corrected chi connectivity index (χ3v) is 2.35. The molecule has 0 bridgehead atoms. The van der Waals surface area contributed by atoms with Crippen molar-refractivity contribution in [3.8, 4) is 0 Å². The molecule has 1 aromatic rings. The summed E-state index contributed by atoms with van der Waals surface area (Å²) in [5.74, 6) is -0.877.